The molecular weight excluding hydrogens is 252 g/mol. The van der Waals surface area contributed by atoms with E-state index in [9.17, 15) is 13.5 Å². The second-order valence-corrected chi connectivity index (χ2v) is 5.39. The number of aryl methyl sites for hydroxylation is 1. The van der Waals surface area contributed by atoms with Crippen molar-refractivity contribution < 1.29 is 13.5 Å². The average Bonchev–Trinajstić information content (AvgIpc) is 2.32. The molecule has 0 saturated carbocycles. The fraction of sp³-hybridized carbons (Fsp3) is 0.0833. The van der Waals surface area contributed by atoms with Gasteiger partial charge in [0.15, 0.2) is 11.6 Å². The van der Waals surface area contributed by atoms with Crippen LogP contribution in [0.1, 0.15) is 5.56 Å². The third-order valence-corrected chi connectivity index (χ3v) is 3.90. The molecule has 0 fully saturated rings. The van der Waals surface area contributed by atoms with E-state index in [1.165, 1.54) is 24.4 Å². The van der Waals surface area contributed by atoms with Crippen LogP contribution in [-0.4, -0.2) is 18.5 Å². The van der Waals surface area contributed by atoms with Crippen LogP contribution < -0.4 is 4.72 Å². The van der Waals surface area contributed by atoms with E-state index in [2.05, 4.69) is 9.71 Å². The van der Waals surface area contributed by atoms with Crippen molar-refractivity contribution in [2.45, 2.75) is 11.8 Å². The Kier molecular flexibility index (Phi) is 3.20. The minimum absolute atomic E-state index is 0.0826. The molecule has 6 heteroatoms. The maximum atomic E-state index is 12.1. The number of rotatable bonds is 3. The summed E-state index contributed by atoms with van der Waals surface area (Å²) in [7, 11) is -3.74. The fourth-order valence-corrected chi connectivity index (χ4v) is 2.79. The minimum atomic E-state index is -3.74. The first-order valence-electron chi connectivity index (χ1n) is 5.23. The van der Waals surface area contributed by atoms with Gasteiger partial charge >= 0.3 is 0 Å². The molecule has 0 radical (unpaired) electrons. The molecule has 0 unspecified atom stereocenters. The smallest absolute Gasteiger partial charge is 0.263 e. The van der Waals surface area contributed by atoms with Gasteiger partial charge in [0, 0.05) is 6.20 Å². The number of sulfonamides is 1. The zero-order valence-corrected chi connectivity index (χ0v) is 10.5. The molecule has 2 N–H and O–H groups in total. The number of nitrogens with one attached hydrogen (secondary N) is 1. The number of hydrogen-bond acceptors (Lipinski definition) is 4. The molecule has 0 aliphatic heterocycles. The Morgan fingerprint density at radius 2 is 1.89 bits per heavy atom. The Morgan fingerprint density at radius 3 is 2.56 bits per heavy atom. The molecule has 0 aliphatic rings. The third kappa shape index (κ3) is 2.43. The first kappa shape index (κ1) is 12.4. The largest absolute Gasteiger partial charge is 0.504 e. The van der Waals surface area contributed by atoms with Crippen molar-refractivity contribution in [2.75, 3.05) is 4.72 Å². The van der Waals surface area contributed by atoms with Gasteiger partial charge in [-0.1, -0.05) is 18.2 Å². The number of pyridine rings is 1. The van der Waals surface area contributed by atoms with Gasteiger partial charge in [-0.05, 0) is 30.7 Å². The molecule has 0 spiro atoms. The SMILES string of the molecule is Cc1ccccc1S(=O)(=O)Nc1ncccc1O. The van der Waals surface area contributed by atoms with E-state index in [0.29, 0.717) is 5.56 Å². The van der Waals surface area contributed by atoms with Gasteiger partial charge in [0.1, 0.15) is 0 Å². The lowest BCUT2D eigenvalue weighted by atomic mass is 10.2. The van der Waals surface area contributed by atoms with Crippen molar-refractivity contribution in [3.8, 4) is 5.75 Å². The highest BCUT2D eigenvalue weighted by molar-refractivity contribution is 7.92. The molecular formula is C12H12N2O3S. The van der Waals surface area contributed by atoms with Crippen molar-refractivity contribution in [3.63, 3.8) is 0 Å². The summed E-state index contributed by atoms with van der Waals surface area (Å²) >= 11 is 0. The van der Waals surface area contributed by atoms with Gasteiger partial charge in [-0.3, -0.25) is 4.72 Å². The van der Waals surface area contributed by atoms with Gasteiger partial charge in [-0.2, -0.15) is 0 Å². The predicted molar refractivity (Wildman–Crippen MR) is 67.9 cm³/mol. The zero-order chi connectivity index (χ0) is 13.2. The maximum Gasteiger partial charge on any atom is 0.263 e. The number of benzene rings is 1. The van der Waals surface area contributed by atoms with Crippen molar-refractivity contribution in [2.24, 2.45) is 0 Å². The molecule has 1 heterocycles. The number of anilines is 1. The monoisotopic (exact) mass is 264 g/mol. The standard InChI is InChI=1S/C12H12N2O3S/c1-9-5-2-3-7-11(9)18(16,17)14-12-10(15)6-4-8-13-12/h2-8,15H,1H3,(H,13,14). The van der Waals surface area contributed by atoms with Crippen molar-refractivity contribution in [1.29, 1.82) is 0 Å². The summed E-state index contributed by atoms with van der Waals surface area (Å²) in [6.07, 6.45) is 1.40. The lowest BCUT2D eigenvalue weighted by Gasteiger charge is -2.10. The van der Waals surface area contributed by atoms with E-state index >= 15 is 0 Å². The average molecular weight is 264 g/mol. The summed E-state index contributed by atoms with van der Waals surface area (Å²) in [4.78, 5) is 3.94. The number of nitrogens with zero attached hydrogens (tertiary/aromatic N) is 1. The number of aromatic nitrogens is 1. The third-order valence-electron chi connectivity index (χ3n) is 2.40. The summed E-state index contributed by atoms with van der Waals surface area (Å²) in [6.45, 7) is 1.70. The molecule has 5 nitrogen and oxygen atoms in total. The highest BCUT2D eigenvalue weighted by Gasteiger charge is 2.18. The summed E-state index contributed by atoms with van der Waals surface area (Å²) < 4.78 is 26.5. The van der Waals surface area contributed by atoms with E-state index < -0.39 is 10.0 Å². The molecule has 0 saturated heterocycles. The van der Waals surface area contributed by atoms with Gasteiger partial charge in [0.25, 0.3) is 10.0 Å². The molecule has 2 rings (SSSR count). The van der Waals surface area contributed by atoms with Crippen molar-refractivity contribution >= 4 is 15.8 Å². The fourth-order valence-electron chi connectivity index (χ4n) is 1.52. The Bertz CT molecular complexity index is 669. The van der Waals surface area contributed by atoms with Gasteiger partial charge < -0.3 is 5.11 Å². The van der Waals surface area contributed by atoms with Crippen LogP contribution >= 0.6 is 0 Å². The highest BCUT2D eigenvalue weighted by Crippen LogP contribution is 2.23. The molecule has 0 amide bonds. The summed E-state index contributed by atoms with van der Waals surface area (Å²) in [5.41, 5.74) is 0.625. The second-order valence-electron chi connectivity index (χ2n) is 3.74. The highest BCUT2D eigenvalue weighted by atomic mass is 32.2. The molecule has 1 aromatic carbocycles. The lowest BCUT2D eigenvalue weighted by Crippen LogP contribution is -2.15. The molecule has 2 aromatic rings. The van der Waals surface area contributed by atoms with Gasteiger partial charge in [-0.15, -0.1) is 0 Å². The van der Waals surface area contributed by atoms with E-state index in [0.717, 1.165) is 0 Å². The van der Waals surface area contributed by atoms with Gasteiger partial charge in [-0.25, -0.2) is 13.4 Å². The summed E-state index contributed by atoms with van der Waals surface area (Å²) in [5.74, 6) is -0.296. The van der Waals surface area contributed by atoms with E-state index in [4.69, 9.17) is 0 Å². The molecule has 0 atom stereocenters. The molecule has 1 aromatic heterocycles. The van der Waals surface area contributed by atoms with Crippen LogP contribution in [0.25, 0.3) is 0 Å². The topological polar surface area (TPSA) is 79.3 Å². The van der Waals surface area contributed by atoms with E-state index in [-0.39, 0.29) is 16.5 Å². The Labute approximate surface area is 105 Å². The predicted octanol–water partition coefficient (Wildman–Crippen LogP) is 1.90. The summed E-state index contributed by atoms with van der Waals surface area (Å²) in [5, 5.41) is 9.50. The number of hydrogen-bond donors (Lipinski definition) is 2. The quantitative estimate of drug-likeness (QED) is 0.887. The van der Waals surface area contributed by atoms with Crippen LogP contribution in [0.5, 0.6) is 5.75 Å². The first-order chi connectivity index (χ1) is 8.50. The van der Waals surface area contributed by atoms with Crippen LogP contribution in [0, 0.1) is 6.92 Å². The normalized spacial score (nSPS) is 11.2. The number of aromatic hydroxyl groups is 1. The van der Waals surface area contributed by atoms with Crippen LogP contribution in [0.15, 0.2) is 47.5 Å². The summed E-state index contributed by atoms with van der Waals surface area (Å²) in [6, 6.07) is 9.47. The van der Waals surface area contributed by atoms with E-state index in [1.807, 2.05) is 0 Å². The maximum absolute atomic E-state index is 12.1. The zero-order valence-electron chi connectivity index (χ0n) is 9.66. The van der Waals surface area contributed by atoms with Crippen LogP contribution in [0.3, 0.4) is 0 Å². The molecule has 94 valence electrons. The Balaban J connectivity index is 2.40. The minimum Gasteiger partial charge on any atom is -0.504 e. The van der Waals surface area contributed by atoms with Crippen molar-refractivity contribution in [3.05, 3.63) is 48.2 Å². The Hall–Kier alpha value is -2.08. The molecule has 0 aliphatic carbocycles. The second kappa shape index (κ2) is 4.66. The van der Waals surface area contributed by atoms with E-state index in [1.54, 1.807) is 25.1 Å². The molecule has 18 heavy (non-hydrogen) atoms. The molecule has 0 bridgehead atoms. The first-order valence-corrected chi connectivity index (χ1v) is 6.71. The van der Waals surface area contributed by atoms with Crippen LogP contribution in [0.4, 0.5) is 5.82 Å². The van der Waals surface area contributed by atoms with Gasteiger partial charge in [0.05, 0.1) is 4.90 Å². The Morgan fingerprint density at radius 1 is 1.17 bits per heavy atom. The van der Waals surface area contributed by atoms with Crippen LogP contribution in [-0.2, 0) is 10.0 Å². The van der Waals surface area contributed by atoms with Crippen LogP contribution in [0.2, 0.25) is 0 Å². The lowest BCUT2D eigenvalue weighted by molar-refractivity contribution is 0.475. The van der Waals surface area contributed by atoms with Gasteiger partial charge in [0.2, 0.25) is 0 Å². The van der Waals surface area contributed by atoms with Crippen molar-refractivity contribution in [1.82, 2.24) is 4.98 Å².